The maximum absolute atomic E-state index is 14.6. The van der Waals surface area contributed by atoms with Crippen molar-refractivity contribution in [2.24, 2.45) is 0 Å². The summed E-state index contributed by atoms with van der Waals surface area (Å²) in [5.74, 6) is 1.52. The molecule has 3 aromatic heterocycles. The third-order valence-corrected chi connectivity index (χ3v) is 7.06. The quantitative estimate of drug-likeness (QED) is 0.418. The summed E-state index contributed by atoms with van der Waals surface area (Å²) in [6.07, 6.45) is 3.68. The van der Waals surface area contributed by atoms with Crippen LogP contribution in [0.4, 0.5) is 10.1 Å². The number of nitrogens with zero attached hydrogens (tertiary/aromatic N) is 4. The summed E-state index contributed by atoms with van der Waals surface area (Å²) in [6, 6.07) is 11.1. The number of carbonyl (C=O) groups is 1. The second-order valence-corrected chi connectivity index (χ2v) is 9.34. The summed E-state index contributed by atoms with van der Waals surface area (Å²) in [6.45, 7) is 2.53. The summed E-state index contributed by atoms with van der Waals surface area (Å²) in [4.78, 5) is 22.6. The van der Waals surface area contributed by atoms with Gasteiger partial charge in [-0.1, -0.05) is 5.16 Å². The maximum atomic E-state index is 14.6. The zero-order valence-corrected chi connectivity index (χ0v) is 20.4. The number of pyridine rings is 2. The van der Waals surface area contributed by atoms with Crippen LogP contribution in [0, 0.1) is 5.82 Å². The number of hydrogen-bond donors (Lipinski definition) is 1. The molecule has 0 atom stereocenters. The largest absolute Gasteiger partial charge is 0.482 e. The number of ether oxygens (including phenoxy) is 2. The molecular formula is C27H26FN5O4. The maximum Gasteiger partial charge on any atom is 0.262 e. The molecule has 2 aliphatic heterocycles. The summed E-state index contributed by atoms with van der Waals surface area (Å²) < 4.78 is 30.9. The van der Waals surface area contributed by atoms with Crippen molar-refractivity contribution in [3.05, 3.63) is 59.7 Å². The van der Waals surface area contributed by atoms with E-state index in [0.717, 1.165) is 43.7 Å². The van der Waals surface area contributed by atoms with E-state index >= 15 is 0 Å². The number of hydrogen-bond acceptors (Lipinski definition) is 8. The number of anilines is 1. The average molecular weight is 504 g/mol. The normalized spacial score (nSPS) is 16.3. The smallest absolute Gasteiger partial charge is 0.262 e. The summed E-state index contributed by atoms with van der Waals surface area (Å²) in [5, 5.41) is 7.15. The van der Waals surface area contributed by atoms with Crippen LogP contribution in [0.3, 0.4) is 0 Å². The Morgan fingerprint density at radius 3 is 2.89 bits per heavy atom. The van der Waals surface area contributed by atoms with Crippen molar-refractivity contribution in [3.8, 4) is 23.0 Å². The molecule has 0 aliphatic carbocycles. The van der Waals surface area contributed by atoms with Crippen LogP contribution in [0.2, 0.25) is 0 Å². The summed E-state index contributed by atoms with van der Waals surface area (Å²) in [7, 11) is 1.55. The van der Waals surface area contributed by atoms with Gasteiger partial charge in [-0.3, -0.25) is 9.78 Å². The van der Waals surface area contributed by atoms with Crippen molar-refractivity contribution in [3.63, 3.8) is 0 Å². The molecule has 5 heterocycles. The van der Waals surface area contributed by atoms with E-state index in [1.165, 1.54) is 6.20 Å². The van der Waals surface area contributed by atoms with E-state index in [1.807, 2.05) is 24.3 Å². The summed E-state index contributed by atoms with van der Waals surface area (Å²) in [5.41, 5.74) is 4.17. The number of benzene rings is 1. The minimum atomic E-state index is -0.341. The Bertz CT molecular complexity index is 1460. The van der Waals surface area contributed by atoms with E-state index in [4.69, 9.17) is 14.0 Å². The van der Waals surface area contributed by atoms with Gasteiger partial charge in [-0.25, -0.2) is 9.37 Å². The first-order chi connectivity index (χ1) is 18.1. The molecule has 0 unspecified atom stereocenters. The number of carbonyl (C=O) groups excluding carboxylic acids is 1. The van der Waals surface area contributed by atoms with Gasteiger partial charge in [0.15, 0.2) is 12.4 Å². The van der Waals surface area contributed by atoms with Gasteiger partial charge in [-0.05, 0) is 56.6 Å². The molecule has 0 saturated carbocycles. The van der Waals surface area contributed by atoms with E-state index in [0.29, 0.717) is 52.0 Å². The van der Waals surface area contributed by atoms with Crippen molar-refractivity contribution >= 4 is 22.6 Å². The van der Waals surface area contributed by atoms with Crippen LogP contribution in [0.25, 0.3) is 22.4 Å². The van der Waals surface area contributed by atoms with E-state index in [9.17, 15) is 9.18 Å². The van der Waals surface area contributed by atoms with E-state index in [2.05, 4.69) is 25.3 Å². The topological polar surface area (TPSA) is 103 Å². The van der Waals surface area contributed by atoms with Crippen LogP contribution in [0.5, 0.6) is 11.6 Å². The Labute approximate surface area is 212 Å². The fourth-order valence-corrected chi connectivity index (χ4v) is 5.00. The number of fused-ring (bicyclic) bond motifs is 2. The number of nitrogens with one attached hydrogen (secondary N) is 1. The predicted octanol–water partition coefficient (Wildman–Crippen LogP) is 4.19. The third-order valence-electron chi connectivity index (χ3n) is 7.06. The number of aromatic nitrogens is 3. The van der Waals surface area contributed by atoms with Crippen molar-refractivity contribution in [2.45, 2.75) is 25.2 Å². The van der Waals surface area contributed by atoms with Crippen molar-refractivity contribution in [2.75, 3.05) is 38.7 Å². The monoisotopic (exact) mass is 503 g/mol. The second kappa shape index (κ2) is 9.78. The minimum absolute atomic E-state index is 0.0250. The van der Waals surface area contributed by atoms with E-state index in [-0.39, 0.29) is 18.3 Å². The van der Waals surface area contributed by atoms with Gasteiger partial charge in [-0.15, -0.1) is 0 Å². The highest BCUT2D eigenvalue weighted by Gasteiger charge is 2.25. The van der Waals surface area contributed by atoms with Crippen molar-refractivity contribution in [1.29, 1.82) is 0 Å². The minimum Gasteiger partial charge on any atom is -0.482 e. The fourth-order valence-electron chi connectivity index (χ4n) is 5.00. The van der Waals surface area contributed by atoms with E-state index in [1.54, 1.807) is 19.2 Å². The Balaban J connectivity index is 1.09. The zero-order valence-electron chi connectivity index (χ0n) is 20.4. The standard InChI is InChI=1S/C27H26FN5O4/c1-35-26-5-3-20-27(31-26)18(19(28)14-29-20)8-11-33-9-6-16(7-10-33)21-13-24(37-32-21)17-2-4-23-22(12-17)30-25(34)15-36-23/h2-5,12-14,16H,6-11,15H2,1H3,(H,30,34). The zero-order chi connectivity index (χ0) is 25.4. The molecular weight excluding hydrogens is 477 g/mol. The SMILES string of the molecule is COc1ccc2ncc(F)c(CCN3CCC(c4cc(-c5ccc6c(c5)NC(=O)CO6)on4)CC3)c2n1. The number of likely N-dealkylation sites (tertiary alicyclic amines) is 1. The van der Waals surface area contributed by atoms with Gasteiger partial charge in [0, 0.05) is 35.7 Å². The van der Waals surface area contributed by atoms with Crippen LogP contribution in [-0.4, -0.2) is 59.3 Å². The van der Waals surface area contributed by atoms with Crippen LogP contribution >= 0.6 is 0 Å². The molecule has 9 nitrogen and oxygen atoms in total. The first-order valence-corrected chi connectivity index (χ1v) is 12.3. The third kappa shape index (κ3) is 4.72. The molecule has 1 aromatic carbocycles. The van der Waals surface area contributed by atoms with Gasteiger partial charge in [0.2, 0.25) is 5.88 Å². The highest BCUT2D eigenvalue weighted by atomic mass is 19.1. The molecule has 4 aromatic rings. The van der Waals surface area contributed by atoms with Gasteiger partial charge in [0.25, 0.3) is 5.91 Å². The Morgan fingerprint density at radius 1 is 1.19 bits per heavy atom. The number of methoxy groups -OCH3 is 1. The van der Waals surface area contributed by atoms with Crippen LogP contribution in [0.1, 0.15) is 30.0 Å². The first-order valence-electron chi connectivity index (χ1n) is 12.3. The number of piperidine rings is 1. The average Bonchev–Trinajstić information content (AvgIpc) is 3.42. The number of rotatable bonds is 6. The second-order valence-electron chi connectivity index (χ2n) is 9.34. The molecule has 0 radical (unpaired) electrons. The van der Waals surface area contributed by atoms with Gasteiger partial charge >= 0.3 is 0 Å². The van der Waals surface area contributed by atoms with Crippen LogP contribution in [-0.2, 0) is 11.2 Å². The summed E-state index contributed by atoms with van der Waals surface area (Å²) >= 11 is 0. The lowest BCUT2D eigenvalue weighted by Gasteiger charge is -2.31. The fraction of sp³-hybridized carbons (Fsp3) is 0.333. The van der Waals surface area contributed by atoms with Gasteiger partial charge in [0.1, 0.15) is 11.6 Å². The predicted molar refractivity (Wildman–Crippen MR) is 134 cm³/mol. The lowest BCUT2D eigenvalue weighted by atomic mass is 9.93. The molecule has 190 valence electrons. The molecule has 1 N–H and O–H groups in total. The molecule has 0 spiro atoms. The lowest BCUT2D eigenvalue weighted by Crippen LogP contribution is -2.34. The molecule has 6 rings (SSSR count). The van der Waals surface area contributed by atoms with Gasteiger partial charge < -0.3 is 24.2 Å². The van der Waals surface area contributed by atoms with Crippen molar-refractivity contribution in [1.82, 2.24) is 20.0 Å². The molecule has 1 fully saturated rings. The molecule has 1 amide bonds. The first kappa shape index (κ1) is 23.4. The Morgan fingerprint density at radius 2 is 2.05 bits per heavy atom. The molecule has 10 heteroatoms. The Hall–Kier alpha value is -4.05. The highest BCUT2D eigenvalue weighted by molar-refractivity contribution is 5.96. The number of amides is 1. The van der Waals surface area contributed by atoms with Crippen LogP contribution < -0.4 is 14.8 Å². The van der Waals surface area contributed by atoms with Crippen molar-refractivity contribution < 1.29 is 23.2 Å². The molecule has 37 heavy (non-hydrogen) atoms. The highest BCUT2D eigenvalue weighted by Crippen LogP contribution is 2.35. The molecule has 0 bridgehead atoms. The van der Waals surface area contributed by atoms with Crippen LogP contribution in [0.15, 0.2) is 47.1 Å². The lowest BCUT2D eigenvalue weighted by molar-refractivity contribution is -0.118. The molecule has 1 saturated heterocycles. The van der Waals surface area contributed by atoms with Gasteiger partial charge in [0.05, 0.1) is 35.7 Å². The van der Waals surface area contributed by atoms with Gasteiger partial charge in [-0.2, -0.15) is 0 Å². The van der Waals surface area contributed by atoms with E-state index < -0.39 is 0 Å². The molecule has 2 aliphatic rings. The number of halogens is 1. The Kier molecular flexibility index (Phi) is 6.17.